The smallest absolute Gasteiger partial charge is 0.233 e. The Morgan fingerprint density at radius 3 is 2.62 bits per heavy atom. The molecule has 0 heterocycles. The van der Waals surface area contributed by atoms with Crippen molar-refractivity contribution in [1.29, 1.82) is 0 Å². The van der Waals surface area contributed by atoms with Gasteiger partial charge in [-0.25, -0.2) is 8.42 Å². The molecule has 1 aromatic rings. The zero-order valence-corrected chi connectivity index (χ0v) is 19.0. The summed E-state index contributed by atoms with van der Waals surface area (Å²) in [5.41, 5.74) is 0. The van der Waals surface area contributed by atoms with Gasteiger partial charge in [0.25, 0.3) is 0 Å². The highest BCUT2D eigenvalue weighted by Gasteiger charge is 2.39. The Kier molecular flexibility index (Phi) is 10.4. The van der Waals surface area contributed by atoms with Crippen LogP contribution in [0.1, 0.15) is 32.1 Å². The van der Waals surface area contributed by atoms with Crippen LogP contribution < -0.4 is 9.46 Å². The van der Waals surface area contributed by atoms with Crippen molar-refractivity contribution in [2.45, 2.75) is 50.4 Å². The van der Waals surface area contributed by atoms with Crippen molar-refractivity contribution in [3.8, 4) is 5.75 Å². The van der Waals surface area contributed by atoms with E-state index in [-0.39, 0.29) is 31.3 Å². The number of rotatable bonds is 12. The lowest BCUT2D eigenvalue weighted by molar-refractivity contribution is -0.119. The molecule has 1 aromatic carbocycles. The minimum Gasteiger partial charge on any atom is -0.491 e. The van der Waals surface area contributed by atoms with E-state index in [2.05, 4.69) is 0 Å². The zero-order valence-electron chi connectivity index (χ0n) is 18.2. The summed E-state index contributed by atoms with van der Waals surface area (Å²) >= 11 is 0. The van der Waals surface area contributed by atoms with Crippen LogP contribution in [0.25, 0.3) is 0 Å². The van der Waals surface area contributed by atoms with E-state index in [9.17, 15) is 28.5 Å². The molecule has 2 rings (SSSR count). The van der Waals surface area contributed by atoms with E-state index in [0.29, 0.717) is 25.0 Å². The maximum Gasteiger partial charge on any atom is 0.233 e. The molecule has 1 unspecified atom stereocenters. The largest absolute Gasteiger partial charge is 0.491 e. The summed E-state index contributed by atoms with van der Waals surface area (Å²) in [6.07, 6.45) is 7.89. The molecule has 9 heteroatoms. The van der Waals surface area contributed by atoms with Gasteiger partial charge in [-0.3, -0.25) is 9.52 Å². The Hall–Kier alpha value is -2.20. The Labute approximate surface area is 189 Å². The number of benzene rings is 1. The Morgan fingerprint density at radius 1 is 1.22 bits per heavy atom. The van der Waals surface area contributed by atoms with Crippen LogP contribution in [-0.4, -0.2) is 60.8 Å². The van der Waals surface area contributed by atoms with Gasteiger partial charge in [-0.15, -0.1) is 0 Å². The second kappa shape index (κ2) is 12.7. The number of allylic oxidation sites excluding steroid dienone is 2. The van der Waals surface area contributed by atoms with Gasteiger partial charge in [0, 0.05) is 18.8 Å². The topological polar surface area (TPSA) is 133 Å². The monoisotopic (exact) mass is 467 g/mol. The van der Waals surface area contributed by atoms with Gasteiger partial charge < -0.3 is 20.1 Å². The first-order chi connectivity index (χ1) is 15.2. The second-order valence-electron chi connectivity index (χ2n) is 8.08. The number of carbonyl (C=O) groups is 1. The molecule has 1 fully saturated rings. The zero-order chi connectivity index (χ0) is 23.6. The van der Waals surface area contributed by atoms with Crippen molar-refractivity contribution in [1.82, 2.24) is 4.72 Å². The number of sulfonamides is 1. The van der Waals surface area contributed by atoms with Gasteiger partial charge in [0.1, 0.15) is 18.5 Å². The Bertz CT molecular complexity index is 870. The highest BCUT2D eigenvalue weighted by molar-refractivity contribution is 7.89. The van der Waals surface area contributed by atoms with Crippen LogP contribution in [0, 0.1) is 11.8 Å². The lowest BCUT2D eigenvalue weighted by atomic mass is 9.89. The lowest BCUT2D eigenvalue weighted by Crippen LogP contribution is -2.28. The SMILES string of the molecule is CS(=O)(=O)NC(=O)CCC/C=C\C[C@@H]1C(/C=C/[C@@H](O)COc2ccccc2)[C@H](O)C[C@@H]1O. The highest BCUT2D eigenvalue weighted by Crippen LogP contribution is 2.36. The van der Waals surface area contributed by atoms with E-state index in [1.165, 1.54) is 0 Å². The normalized spacial score (nSPS) is 24.8. The molecule has 0 radical (unpaired) electrons. The van der Waals surface area contributed by atoms with E-state index in [4.69, 9.17) is 4.74 Å². The number of carbonyl (C=O) groups excluding carboxylic acids is 1. The first-order valence-corrected chi connectivity index (χ1v) is 12.6. The van der Waals surface area contributed by atoms with Crippen molar-refractivity contribution < 1.29 is 33.3 Å². The number of unbranched alkanes of at least 4 members (excludes halogenated alkanes) is 1. The molecule has 0 saturated heterocycles. The maximum atomic E-state index is 11.5. The molecule has 5 atom stereocenters. The number of hydrogen-bond acceptors (Lipinski definition) is 7. The number of aliphatic hydroxyl groups excluding tert-OH is 3. The fourth-order valence-corrected chi connectivity index (χ4v) is 4.24. The van der Waals surface area contributed by atoms with Gasteiger partial charge in [0.15, 0.2) is 0 Å². The third kappa shape index (κ3) is 9.52. The number of nitrogens with one attached hydrogen (secondary N) is 1. The van der Waals surface area contributed by atoms with Crippen LogP contribution in [0.3, 0.4) is 0 Å². The fraction of sp³-hybridized carbons (Fsp3) is 0.522. The van der Waals surface area contributed by atoms with Gasteiger partial charge in [-0.2, -0.15) is 0 Å². The summed E-state index contributed by atoms with van der Waals surface area (Å²) in [4.78, 5) is 11.5. The first kappa shape index (κ1) is 26.1. The molecule has 0 bridgehead atoms. The molecule has 4 N–H and O–H groups in total. The van der Waals surface area contributed by atoms with Crippen LogP contribution >= 0.6 is 0 Å². The van der Waals surface area contributed by atoms with Gasteiger partial charge in [0.2, 0.25) is 15.9 Å². The molecule has 0 aromatic heterocycles. The molecule has 1 saturated carbocycles. The van der Waals surface area contributed by atoms with Crippen LogP contribution in [0.2, 0.25) is 0 Å². The van der Waals surface area contributed by atoms with Crippen molar-refractivity contribution >= 4 is 15.9 Å². The Balaban J connectivity index is 1.77. The summed E-state index contributed by atoms with van der Waals surface area (Å²) in [6, 6.07) is 9.16. The summed E-state index contributed by atoms with van der Waals surface area (Å²) in [6.45, 7) is 0.0867. The number of ether oxygens (including phenoxy) is 1. The summed E-state index contributed by atoms with van der Waals surface area (Å²) in [7, 11) is -3.53. The summed E-state index contributed by atoms with van der Waals surface area (Å²) in [5, 5.41) is 30.8. The van der Waals surface area contributed by atoms with Gasteiger partial charge in [-0.1, -0.05) is 42.5 Å². The summed E-state index contributed by atoms with van der Waals surface area (Å²) in [5.74, 6) is -0.349. The molecule has 1 aliphatic carbocycles. The minimum absolute atomic E-state index is 0.0867. The molecule has 0 aliphatic heterocycles. The van der Waals surface area contributed by atoms with E-state index in [1.54, 1.807) is 24.3 Å². The molecular formula is C23H33NO7S. The minimum atomic E-state index is -3.53. The van der Waals surface area contributed by atoms with E-state index >= 15 is 0 Å². The third-order valence-corrected chi connectivity index (χ3v) is 5.88. The maximum absolute atomic E-state index is 11.5. The van der Waals surface area contributed by atoms with Crippen molar-refractivity contribution in [3.05, 3.63) is 54.6 Å². The lowest BCUT2D eigenvalue weighted by Gasteiger charge is -2.19. The molecular weight excluding hydrogens is 434 g/mol. The standard InChI is InChI=1S/C23H33NO7S/c1-32(29,30)24-23(28)12-8-3-2-7-11-19-20(22(27)15-21(19)26)14-13-17(25)16-31-18-9-5-4-6-10-18/h2,4-7,9-10,13-14,17,19-22,25-27H,3,8,11-12,15-16H2,1H3,(H,24,28)/b7-2-,14-13+/t17-,19-,20?,21+,22-/m1/s1. The van der Waals surface area contributed by atoms with Crippen LogP contribution in [0.15, 0.2) is 54.6 Å². The van der Waals surface area contributed by atoms with Crippen LogP contribution in [0.4, 0.5) is 0 Å². The van der Waals surface area contributed by atoms with Gasteiger partial charge in [-0.05, 0) is 37.3 Å². The first-order valence-electron chi connectivity index (χ1n) is 10.7. The van der Waals surface area contributed by atoms with E-state index in [0.717, 1.165) is 6.26 Å². The molecule has 178 valence electrons. The molecule has 32 heavy (non-hydrogen) atoms. The predicted octanol–water partition coefficient (Wildman–Crippen LogP) is 1.53. The van der Waals surface area contributed by atoms with E-state index in [1.807, 2.05) is 35.1 Å². The number of amides is 1. The third-order valence-electron chi connectivity index (χ3n) is 5.28. The van der Waals surface area contributed by atoms with Crippen molar-refractivity contribution in [3.63, 3.8) is 0 Å². The number of para-hydroxylation sites is 1. The molecule has 0 spiro atoms. The average molecular weight is 468 g/mol. The summed E-state index contributed by atoms with van der Waals surface area (Å²) < 4.78 is 29.4. The number of aliphatic hydroxyl groups is 3. The quantitative estimate of drug-likeness (QED) is 0.271. The molecule has 1 amide bonds. The predicted molar refractivity (Wildman–Crippen MR) is 121 cm³/mol. The van der Waals surface area contributed by atoms with Gasteiger partial charge in [0.05, 0.1) is 18.5 Å². The fourth-order valence-electron chi connectivity index (χ4n) is 3.73. The molecule has 1 aliphatic rings. The second-order valence-corrected chi connectivity index (χ2v) is 9.83. The highest BCUT2D eigenvalue weighted by atomic mass is 32.2. The Morgan fingerprint density at radius 2 is 1.94 bits per heavy atom. The van der Waals surface area contributed by atoms with Crippen molar-refractivity contribution in [2.75, 3.05) is 12.9 Å². The van der Waals surface area contributed by atoms with Crippen molar-refractivity contribution in [2.24, 2.45) is 11.8 Å². The van der Waals surface area contributed by atoms with Gasteiger partial charge >= 0.3 is 0 Å². The van der Waals surface area contributed by atoms with E-state index < -0.39 is 34.2 Å². The van der Waals surface area contributed by atoms with Crippen LogP contribution in [0.5, 0.6) is 5.75 Å². The molecule has 8 nitrogen and oxygen atoms in total. The van der Waals surface area contributed by atoms with Crippen LogP contribution in [-0.2, 0) is 14.8 Å². The average Bonchev–Trinajstić information content (AvgIpc) is 2.99. The number of hydrogen-bond donors (Lipinski definition) is 4.